The lowest BCUT2D eigenvalue weighted by atomic mass is 10.0. The average Bonchev–Trinajstić information content (AvgIpc) is 2.88. The summed E-state index contributed by atoms with van der Waals surface area (Å²) in [5, 5.41) is 18.1. The van der Waals surface area contributed by atoms with Gasteiger partial charge in [-0.05, 0) is 23.3 Å². The Bertz CT molecular complexity index is 1500. The van der Waals surface area contributed by atoms with E-state index in [-0.39, 0.29) is 33.4 Å². The first kappa shape index (κ1) is 25.9. The van der Waals surface area contributed by atoms with E-state index in [1.165, 1.54) is 12.4 Å². The highest BCUT2D eigenvalue weighted by atomic mass is 35.5. The van der Waals surface area contributed by atoms with Gasteiger partial charge in [0.2, 0.25) is 0 Å². The monoisotopic (exact) mass is 538 g/mol. The SMILES string of the molecule is O=C(O)CC(Nc1c(NCc2ccccc2)c(=O)c1=O)c1ccc(NC(=O)c2c(Cl)cncc2Cl)cc1. The van der Waals surface area contributed by atoms with Gasteiger partial charge in [0.25, 0.3) is 16.8 Å². The molecule has 0 radical (unpaired) electrons. The molecule has 11 heteroatoms. The predicted molar refractivity (Wildman–Crippen MR) is 142 cm³/mol. The Balaban J connectivity index is 1.50. The number of carboxylic acid groups (broad SMARTS) is 1. The fourth-order valence-electron chi connectivity index (χ4n) is 3.71. The van der Waals surface area contributed by atoms with Crippen LogP contribution in [0.3, 0.4) is 0 Å². The van der Waals surface area contributed by atoms with Crippen LogP contribution in [0.4, 0.5) is 17.1 Å². The van der Waals surface area contributed by atoms with Crippen LogP contribution in [0.15, 0.2) is 76.6 Å². The zero-order chi connectivity index (χ0) is 26.5. The molecule has 37 heavy (non-hydrogen) atoms. The van der Waals surface area contributed by atoms with Crippen LogP contribution in [0.2, 0.25) is 10.0 Å². The van der Waals surface area contributed by atoms with Crippen molar-refractivity contribution in [2.24, 2.45) is 0 Å². The minimum atomic E-state index is -1.10. The van der Waals surface area contributed by atoms with E-state index in [1.54, 1.807) is 24.3 Å². The molecular weight excluding hydrogens is 519 g/mol. The van der Waals surface area contributed by atoms with E-state index in [0.29, 0.717) is 17.8 Å². The van der Waals surface area contributed by atoms with Crippen LogP contribution in [0.1, 0.15) is 33.9 Å². The summed E-state index contributed by atoms with van der Waals surface area (Å²) in [4.78, 5) is 52.4. The summed E-state index contributed by atoms with van der Waals surface area (Å²) in [7, 11) is 0. The van der Waals surface area contributed by atoms with Gasteiger partial charge >= 0.3 is 5.97 Å². The number of aromatic nitrogens is 1. The Morgan fingerprint density at radius 1 is 0.892 bits per heavy atom. The molecule has 0 fully saturated rings. The number of carbonyl (C=O) groups excluding carboxylic acids is 1. The second-order valence-corrected chi connectivity index (χ2v) is 8.91. The number of rotatable bonds is 10. The van der Waals surface area contributed by atoms with Gasteiger partial charge in [-0.25, -0.2) is 0 Å². The second-order valence-electron chi connectivity index (χ2n) is 8.10. The van der Waals surface area contributed by atoms with Crippen molar-refractivity contribution >= 4 is 52.1 Å². The highest BCUT2D eigenvalue weighted by Crippen LogP contribution is 2.28. The Morgan fingerprint density at radius 2 is 1.51 bits per heavy atom. The first-order valence-corrected chi connectivity index (χ1v) is 11.8. The highest BCUT2D eigenvalue weighted by molar-refractivity contribution is 6.40. The number of hydrogen-bond acceptors (Lipinski definition) is 7. The van der Waals surface area contributed by atoms with E-state index in [9.17, 15) is 24.3 Å². The molecule has 188 valence electrons. The van der Waals surface area contributed by atoms with Crippen LogP contribution in [-0.2, 0) is 11.3 Å². The van der Waals surface area contributed by atoms with Gasteiger partial charge in [-0.15, -0.1) is 0 Å². The van der Waals surface area contributed by atoms with Gasteiger partial charge in [0.15, 0.2) is 0 Å². The summed E-state index contributed by atoms with van der Waals surface area (Å²) >= 11 is 12.1. The van der Waals surface area contributed by atoms with Gasteiger partial charge in [0.1, 0.15) is 11.4 Å². The Morgan fingerprint density at radius 3 is 2.14 bits per heavy atom. The summed E-state index contributed by atoms with van der Waals surface area (Å²) in [6.45, 7) is 0.323. The number of carboxylic acids is 1. The molecule has 0 saturated heterocycles. The van der Waals surface area contributed by atoms with Crippen LogP contribution in [0, 0.1) is 0 Å². The first-order valence-electron chi connectivity index (χ1n) is 11.0. The molecular formula is C26H20Cl2N4O5. The number of anilines is 3. The molecule has 4 aromatic rings. The molecule has 3 aromatic carbocycles. The topological polar surface area (TPSA) is 137 Å². The summed E-state index contributed by atoms with van der Waals surface area (Å²) in [5.41, 5.74) is 0.679. The fraction of sp³-hybridized carbons (Fsp3) is 0.115. The number of pyridine rings is 1. The number of benzene rings is 2. The minimum absolute atomic E-state index is 0.0338. The maximum absolute atomic E-state index is 12.6. The first-order chi connectivity index (χ1) is 17.7. The van der Waals surface area contributed by atoms with Gasteiger partial charge in [-0.3, -0.25) is 24.2 Å². The van der Waals surface area contributed by atoms with E-state index < -0.39 is 28.8 Å². The summed E-state index contributed by atoms with van der Waals surface area (Å²) in [5.74, 6) is -1.64. The Kier molecular flexibility index (Phi) is 7.86. The van der Waals surface area contributed by atoms with Crippen molar-refractivity contribution in [3.05, 3.63) is 114 Å². The number of amides is 1. The number of halogens is 2. The van der Waals surface area contributed by atoms with Crippen molar-refractivity contribution in [1.29, 1.82) is 0 Å². The van der Waals surface area contributed by atoms with Gasteiger partial charge < -0.3 is 21.1 Å². The molecule has 0 bridgehead atoms. The van der Waals surface area contributed by atoms with E-state index >= 15 is 0 Å². The van der Waals surface area contributed by atoms with Gasteiger partial charge in [-0.1, -0.05) is 65.7 Å². The molecule has 0 spiro atoms. The van der Waals surface area contributed by atoms with Gasteiger partial charge in [-0.2, -0.15) is 0 Å². The van der Waals surface area contributed by atoms with Crippen molar-refractivity contribution in [2.75, 3.05) is 16.0 Å². The normalized spacial score (nSPS) is 11.6. The highest BCUT2D eigenvalue weighted by Gasteiger charge is 2.25. The lowest BCUT2D eigenvalue weighted by Gasteiger charge is -2.22. The zero-order valence-electron chi connectivity index (χ0n) is 19.1. The lowest BCUT2D eigenvalue weighted by Crippen LogP contribution is -2.38. The molecule has 9 nitrogen and oxygen atoms in total. The number of carbonyl (C=O) groups is 2. The number of nitrogens with zero attached hydrogens (tertiary/aromatic N) is 1. The third-order valence-corrected chi connectivity index (χ3v) is 6.14. The molecule has 1 unspecified atom stereocenters. The molecule has 0 aliphatic rings. The third-order valence-electron chi connectivity index (χ3n) is 5.57. The van der Waals surface area contributed by atoms with Crippen LogP contribution < -0.4 is 26.8 Å². The minimum Gasteiger partial charge on any atom is -0.481 e. The van der Waals surface area contributed by atoms with E-state index in [0.717, 1.165) is 5.56 Å². The Hall–Kier alpha value is -4.21. The van der Waals surface area contributed by atoms with Crippen molar-refractivity contribution in [3.8, 4) is 0 Å². The molecule has 1 atom stereocenters. The molecule has 4 N–H and O–H groups in total. The number of aliphatic carboxylic acids is 1. The van der Waals surface area contributed by atoms with Crippen LogP contribution in [0.25, 0.3) is 0 Å². The molecule has 0 saturated carbocycles. The third kappa shape index (κ3) is 5.96. The summed E-state index contributed by atoms with van der Waals surface area (Å²) in [6.07, 6.45) is 2.25. The molecule has 1 heterocycles. The van der Waals surface area contributed by atoms with Crippen LogP contribution in [0.5, 0.6) is 0 Å². The largest absolute Gasteiger partial charge is 0.481 e. The average molecular weight is 539 g/mol. The molecule has 0 aliphatic heterocycles. The summed E-state index contributed by atoms with van der Waals surface area (Å²) < 4.78 is 0. The van der Waals surface area contributed by atoms with Crippen LogP contribution >= 0.6 is 23.2 Å². The maximum atomic E-state index is 12.6. The van der Waals surface area contributed by atoms with E-state index in [2.05, 4.69) is 20.9 Å². The van der Waals surface area contributed by atoms with Gasteiger partial charge in [0.05, 0.1) is 28.1 Å². The zero-order valence-corrected chi connectivity index (χ0v) is 20.6. The molecule has 0 aliphatic carbocycles. The van der Waals surface area contributed by atoms with Crippen molar-refractivity contribution in [2.45, 2.75) is 19.0 Å². The molecule has 4 rings (SSSR count). The van der Waals surface area contributed by atoms with Crippen LogP contribution in [-0.4, -0.2) is 22.0 Å². The second kappa shape index (κ2) is 11.2. The quantitative estimate of drug-likeness (QED) is 0.217. The fourth-order valence-corrected chi connectivity index (χ4v) is 4.24. The van der Waals surface area contributed by atoms with Crippen molar-refractivity contribution in [3.63, 3.8) is 0 Å². The Labute approximate surface area is 220 Å². The number of nitrogens with one attached hydrogen (secondary N) is 3. The van der Waals surface area contributed by atoms with Gasteiger partial charge in [0, 0.05) is 24.6 Å². The van der Waals surface area contributed by atoms with E-state index in [1.807, 2.05) is 30.3 Å². The summed E-state index contributed by atoms with van der Waals surface area (Å²) in [6, 6.07) is 14.9. The lowest BCUT2D eigenvalue weighted by molar-refractivity contribution is -0.137. The molecule has 1 aromatic heterocycles. The smallest absolute Gasteiger partial charge is 0.305 e. The number of hydrogen-bond donors (Lipinski definition) is 4. The van der Waals surface area contributed by atoms with Crippen molar-refractivity contribution < 1.29 is 14.7 Å². The van der Waals surface area contributed by atoms with Crippen molar-refractivity contribution in [1.82, 2.24) is 4.98 Å². The maximum Gasteiger partial charge on any atom is 0.305 e. The standard InChI is InChI=1S/C26H20Cl2N4O5/c27-17-12-29-13-18(28)21(17)26(37)31-16-8-6-15(7-9-16)19(10-20(33)34)32-23-22(24(35)25(23)36)30-11-14-4-2-1-3-5-14/h1-9,12-13,19,30,32H,10-11H2,(H,31,37)(H,33,34). The van der Waals surface area contributed by atoms with E-state index in [4.69, 9.17) is 23.2 Å². The molecule has 1 amide bonds. The predicted octanol–water partition coefficient (Wildman–Crippen LogP) is 4.48.